The number of nitrogens with zero attached hydrogens (tertiary/aromatic N) is 2. The Morgan fingerprint density at radius 3 is 2.57 bits per heavy atom. The lowest BCUT2D eigenvalue weighted by Gasteiger charge is -2.27. The Hall–Kier alpha value is -2.54. The molecule has 0 aliphatic carbocycles. The summed E-state index contributed by atoms with van der Waals surface area (Å²) in [6.07, 6.45) is 3.55. The molecule has 0 aliphatic heterocycles. The number of methoxy groups -OCH3 is 2. The number of rotatable bonds is 7. The first-order valence-corrected chi connectivity index (χ1v) is 10.3. The molecule has 1 heterocycles. The van der Waals surface area contributed by atoms with Crippen molar-refractivity contribution in [3.8, 4) is 11.5 Å². The summed E-state index contributed by atoms with van der Waals surface area (Å²) in [4.78, 5) is 6.20. The third kappa shape index (κ3) is 5.75. The Labute approximate surface area is 191 Å². The number of benzene rings is 2. The van der Waals surface area contributed by atoms with E-state index in [2.05, 4.69) is 10.3 Å². The molecule has 1 aromatic heterocycles. The van der Waals surface area contributed by atoms with E-state index in [9.17, 15) is 0 Å². The van der Waals surface area contributed by atoms with E-state index in [1.54, 1.807) is 32.5 Å². The van der Waals surface area contributed by atoms with Crippen molar-refractivity contribution < 1.29 is 9.47 Å². The summed E-state index contributed by atoms with van der Waals surface area (Å²) >= 11 is 18.2. The van der Waals surface area contributed by atoms with Gasteiger partial charge < -0.3 is 19.7 Å². The van der Waals surface area contributed by atoms with Gasteiger partial charge in [0.15, 0.2) is 5.11 Å². The molecule has 0 amide bonds. The molecule has 0 atom stereocenters. The lowest BCUT2D eigenvalue weighted by molar-refractivity contribution is 0.394. The van der Waals surface area contributed by atoms with Crippen LogP contribution in [0, 0.1) is 0 Å². The molecule has 0 fully saturated rings. The summed E-state index contributed by atoms with van der Waals surface area (Å²) in [6, 6.07) is 14.8. The summed E-state index contributed by atoms with van der Waals surface area (Å²) in [7, 11) is 3.21. The molecule has 0 aliphatic rings. The van der Waals surface area contributed by atoms with Gasteiger partial charge in [-0.2, -0.15) is 0 Å². The van der Waals surface area contributed by atoms with Crippen LogP contribution in [0.2, 0.25) is 10.0 Å². The molecule has 0 saturated carbocycles. The smallest absolute Gasteiger partial charge is 0.174 e. The minimum Gasteiger partial charge on any atom is -0.497 e. The van der Waals surface area contributed by atoms with E-state index in [4.69, 9.17) is 44.9 Å². The van der Waals surface area contributed by atoms with Crippen molar-refractivity contribution in [3.05, 3.63) is 82.1 Å². The quantitative estimate of drug-likeness (QED) is 0.448. The molecule has 3 aromatic rings. The highest BCUT2D eigenvalue weighted by Crippen LogP contribution is 2.30. The zero-order valence-electron chi connectivity index (χ0n) is 16.6. The monoisotopic (exact) mass is 461 g/mol. The van der Waals surface area contributed by atoms with Crippen LogP contribution < -0.4 is 14.8 Å². The second kappa shape index (κ2) is 10.5. The van der Waals surface area contributed by atoms with E-state index < -0.39 is 0 Å². The zero-order valence-corrected chi connectivity index (χ0v) is 18.9. The second-order valence-corrected chi connectivity index (χ2v) is 7.68. The molecule has 0 bridgehead atoms. The third-order valence-corrected chi connectivity index (χ3v) is 5.36. The molecule has 30 heavy (non-hydrogen) atoms. The van der Waals surface area contributed by atoms with E-state index >= 15 is 0 Å². The van der Waals surface area contributed by atoms with Crippen molar-refractivity contribution in [1.29, 1.82) is 0 Å². The van der Waals surface area contributed by atoms with Crippen LogP contribution in [-0.4, -0.2) is 29.2 Å². The number of hydrogen-bond donors (Lipinski definition) is 1. The van der Waals surface area contributed by atoms with Crippen molar-refractivity contribution in [3.63, 3.8) is 0 Å². The topological polar surface area (TPSA) is 46.6 Å². The molecule has 1 N–H and O–H groups in total. The van der Waals surface area contributed by atoms with Crippen LogP contribution >= 0.6 is 35.4 Å². The molecule has 3 rings (SSSR count). The predicted octanol–water partition coefficient (Wildman–Crippen LogP) is 5.80. The van der Waals surface area contributed by atoms with Crippen molar-refractivity contribution in [2.45, 2.75) is 13.1 Å². The lowest BCUT2D eigenvalue weighted by Crippen LogP contribution is -2.34. The first kappa shape index (κ1) is 22.2. The first-order valence-electron chi connectivity index (χ1n) is 9.11. The standard InChI is InChI=1S/C22H21Cl2N3O2S/c1-28-18-7-8-20(21(11-18)29-2)26-22(30)27(13-15-4-3-9-25-12-15)14-16-5-6-17(23)10-19(16)24/h3-12H,13-14H2,1-2H3,(H,26,30). The van der Waals surface area contributed by atoms with Crippen LogP contribution in [0.3, 0.4) is 0 Å². The average molecular weight is 462 g/mol. The number of pyridine rings is 1. The van der Waals surface area contributed by atoms with Gasteiger partial charge >= 0.3 is 0 Å². The summed E-state index contributed by atoms with van der Waals surface area (Å²) in [5, 5.41) is 4.97. The lowest BCUT2D eigenvalue weighted by atomic mass is 10.2. The van der Waals surface area contributed by atoms with Gasteiger partial charge in [0.2, 0.25) is 0 Å². The Bertz CT molecular complexity index is 1020. The van der Waals surface area contributed by atoms with E-state index in [0.29, 0.717) is 39.7 Å². The van der Waals surface area contributed by atoms with Crippen LogP contribution in [0.1, 0.15) is 11.1 Å². The molecular weight excluding hydrogens is 441 g/mol. The number of ether oxygens (including phenoxy) is 2. The van der Waals surface area contributed by atoms with Gasteiger partial charge in [0.25, 0.3) is 0 Å². The number of thiocarbonyl (C=S) groups is 1. The van der Waals surface area contributed by atoms with Gasteiger partial charge in [-0.3, -0.25) is 4.98 Å². The van der Waals surface area contributed by atoms with E-state index in [1.807, 2.05) is 47.5 Å². The summed E-state index contributed by atoms with van der Waals surface area (Å²) in [6.45, 7) is 1.05. The molecular formula is C22H21Cl2N3O2S. The summed E-state index contributed by atoms with van der Waals surface area (Å²) in [5.41, 5.74) is 2.67. The van der Waals surface area contributed by atoms with E-state index in [1.165, 1.54) is 0 Å². The number of aromatic nitrogens is 1. The van der Waals surface area contributed by atoms with E-state index in [0.717, 1.165) is 16.8 Å². The Balaban J connectivity index is 1.86. The summed E-state index contributed by atoms with van der Waals surface area (Å²) < 4.78 is 10.7. The van der Waals surface area contributed by atoms with Gasteiger partial charge in [-0.1, -0.05) is 35.3 Å². The van der Waals surface area contributed by atoms with Crippen molar-refractivity contribution >= 4 is 46.2 Å². The molecule has 2 aromatic carbocycles. The van der Waals surface area contributed by atoms with Crippen molar-refractivity contribution in [2.24, 2.45) is 0 Å². The average Bonchev–Trinajstić information content (AvgIpc) is 2.76. The highest BCUT2D eigenvalue weighted by atomic mass is 35.5. The Kier molecular flexibility index (Phi) is 7.74. The fraction of sp³-hybridized carbons (Fsp3) is 0.182. The van der Waals surface area contributed by atoms with Crippen LogP contribution in [0.25, 0.3) is 0 Å². The molecule has 0 saturated heterocycles. The molecule has 0 radical (unpaired) electrons. The van der Waals surface area contributed by atoms with Crippen LogP contribution in [0.4, 0.5) is 5.69 Å². The number of anilines is 1. The van der Waals surface area contributed by atoms with Gasteiger partial charge in [0.05, 0.1) is 19.9 Å². The van der Waals surface area contributed by atoms with Gasteiger partial charge in [0.1, 0.15) is 11.5 Å². The maximum absolute atomic E-state index is 6.40. The van der Waals surface area contributed by atoms with Crippen molar-refractivity contribution in [1.82, 2.24) is 9.88 Å². The molecule has 5 nitrogen and oxygen atoms in total. The van der Waals surface area contributed by atoms with Gasteiger partial charge in [0, 0.05) is 41.6 Å². The normalized spacial score (nSPS) is 10.4. The van der Waals surface area contributed by atoms with Crippen LogP contribution in [0.5, 0.6) is 11.5 Å². The second-order valence-electron chi connectivity index (χ2n) is 6.45. The minimum atomic E-state index is 0.495. The molecule has 8 heteroatoms. The Morgan fingerprint density at radius 1 is 1.07 bits per heavy atom. The van der Waals surface area contributed by atoms with Gasteiger partial charge in [-0.25, -0.2) is 0 Å². The third-order valence-electron chi connectivity index (χ3n) is 4.41. The summed E-state index contributed by atoms with van der Waals surface area (Å²) in [5.74, 6) is 1.33. The largest absolute Gasteiger partial charge is 0.497 e. The fourth-order valence-corrected chi connectivity index (χ4v) is 3.57. The zero-order chi connectivity index (χ0) is 21.5. The Morgan fingerprint density at radius 2 is 1.90 bits per heavy atom. The minimum absolute atomic E-state index is 0.495. The van der Waals surface area contributed by atoms with Gasteiger partial charge in [-0.15, -0.1) is 0 Å². The number of halogens is 2. The van der Waals surface area contributed by atoms with E-state index in [-0.39, 0.29) is 0 Å². The SMILES string of the molecule is COc1ccc(NC(=S)N(Cc2cccnc2)Cc2ccc(Cl)cc2Cl)c(OC)c1. The fourth-order valence-electron chi connectivity index (χ4n) is 2.86. The molecule has 0 spiro atoms. The maximum Gasteiger partial charge on any atom is 0.174 e. The highest BCUT2D eigenvalue weighted by Gasteiger charge is 2.16. The number of nitrogens with one attached hydrogen (secondary N) is 1. The van der Waals surface area contributed by atoms with Crippen LogP contribution in [0.15, 0.2) is 60.9 Å². The number of hydrogen-bond acceptors (Lipinski definition) is 4. The van der Waals surface area contributed by atoms with Gasteiger partial charge in [-0.05, 0) is 53.7 Å². The highest BCUT2D eigenvalue weighted by molar-refractivity contribution is 7.80. The molecule has 156 valence electrons. The predicted molar refractivity (Wildman–Crippen MR) is 126 cm³/mol. The molecule has 0 unspecified atom stereocenters. The first-order chi connectivity index (χ1) is 14.5. The maximum atomic E-state index is 6.40. The van der Waals surface area contributed by atoms with Crippen molar-refractivity contribution in [2.75, 3.05) is 19.5 Å². The van der Waals surface area contributed by atoms with Crippen LogP contribution in [-0.2, 0) is 13.1 Å².